The third-order valence-corrected chi connectivity index (χ3v) is 5.66. The van der Waals surface area contributed by atoms with E-state index in [0.717, 1.165) is 58.5 Å². The Morgan fingerprint density at radius 1 is 1.15 bits per heavy atom. The van der Waals surface area contributed by atoms with Gasteiger partial charge in [0.2, 0.25) is 0 Å². The van der Waals surface area contributed by atoms with Crippen molar-refractivity contribution in [2.24, 2.45) is 4.99 Å². The van der Waals surface area contributed by atoms with Crippen molar-refractivity contribution in [2.75, 3.05) is 18.4 Å². The number of aliphatic imine (C=N–C) groups is 1. The van der Waals surface area contributed by atoms with Crippen LogP contribution in [-0.2, 0) is 6.42 Å². The molecule has 0 fully saturated rings. The number of hydrogen-bond acceptors (Lipinski definition) is 6. The lowest BCUT2D eigenvalue weighted by atomic mass is 10.00. The van der Waals surface area contributed by atoms with Gasteiger partial charge in [-0.2, -0.15) is 0 Å². The van der Waals surface area contributed by atoms with Crippen molar-refractivity contribution in [2.45, 2.75) is 20.3 Å². The number of ketones is 1. The molecule has 7 nitrogen and oxygen atoms in total. The zero-order valence-electron chi connectivity index (χ0n) is 19.1. The predicted octanol–water partition coefficient (Wildman–Crippen LogP) is 3.54. The van der Waals surface area contributed by atoms with Crippen LogP contribution >= 0.6 is 0 Å². The summed E-state index contributed by atoms with van der Waals surface area (Å²) in [5, 5.41) is 6.49. The molecule has 2 N–H and O–H groups in total. The summed E-state index contributed by atoms with van der Waals surface area (Å²) in [6, 6.07) is 13.4. The highest BCUT2D eigenvalue weighted by molar-refractivity contribution is 5.98. The number of nitrogens with one attached hydrogen (secondary N) is 2. The summed E-state index contributed by atoms with van der Waals surface area (Å²) < 4.78 is 1.94. The smallest absolute Gasteiger partial charge is 0.196 e. The van der Waals surface area contributed by atoms with E-state index in [-0.39, 0.29) is 12.2 Å². The van der Waals surface area contributed by atoms with Crippen LogP contribution in [-0.4, -0.2) is 39.2 Å². The Kier molecular flexibility index (Phi) is 5.79. The average Bonchev–Trinajstić information content (AvgIpc) is 3.49. The minimum atomic E-state index is 0.0232. The van der Waals surface area contributed by atoms with Crippen LogP contribution in [0.25, 0.3) is 5.65 Å². The zero-order valence-corrected chi connectivity index (χ0v) is 19.1. The lowest BCUT2D eigenvalue weighted by molar-refractivity contribution is 0.0992. The van der Waals surface area contributed by atoms with Crippen LogP contribution in [0, 0.1) is 25.7 Å². The molecule has 5 rings (SSSR count). The number of pyridine rings is 2. The molecule has 0 radical (unpaired) electrons. The van der Waals surface area contributed by atoms with Gasteiger partial charge in [-0.25, -0.2) is 4.98 Å². The third-order valence-electron chi connectivity index (χ3n) is 5.66. The number of Topliss-reactive ketones (excluding diaryl/α,β-unsaturated/α-hetero) is 1. The van der Waals surface area contributed by atoms with E-state index < -0.39 is 0 Å². The maximum absolute atomic E-state index is 12.9. The van der Waals surface area contributed by atoms with Crippen LogP contribution in [0.15, 0.2) is 66.0 Å². The summed E-state index contributed by atoms with van der Waals surface area (Å²) in [6.07, 6.45) is 5.69. The van der Waals surface area contributed by atoms with Crippen molar-refractivity contribution >= 4 is 23.1 Å². The maximum atomic E-state index is 12.9. The van der Waals surface area contributed by atoms with Gasteiger partial charge in [-0.3, -0.25) is 19.2 Å². The molecule has 0 aliphatic carbocycles. The fourth-order valence-electron chi connectivity index (χ4n) is 3.83. The number of aromatic nitrogens is 3. The molecule has 1 aliphatic heterocycles. The van der Waals surface area contributed by atoms with Crippen LogP contribution in [0.3, 0.4) is 0 Å². The molecule has 3 aromatic heterocycles. The number of aryl methyl sites for hydroxylation is 2. The highest BCUT2D eigenvalue weighted by atomic mass is 16.1. The third kappa shape index (κ3) is 4.52. The average molecular weight is 449 g/mol. The Hall–Kier alpha value is -4.44. The molecule has 1 aliphatic rings. The highest BCUT2D eigenvalue weighted by Gasteiger charge is 2.12. The number of benzene rings is 1. The summed E-state index contributed by atoms with van der Waals surface area (Å²) >= 11 is 0. The molecule has 7 heteroatoms. The Morgan fingerprint density at radius 3 is 2.88 bits per heavy atom. The quantitative estimate of drug-likeness (QED) is 0.369. The van der Waals surface area contributed by atoms with Crippen LogP contribution in [0.2, 0.25) is 0 Å². The number of anilines is 1. The van der Waals surface area contributed by atoms with Crippen molar-refractivity contribution in [3.05, 3.63) is 94.7 Å². The van der Waals surface area contributed by atoms with E-state index in [1.54, 1.807) is 12.4 Å². The number of carbonyl (C=O) groups excluding carboxylic acids is 1. The van der Waals surface area contributed by atoms with Gasteiger partial charge in [0.15, 0.2) is 17.4 Å². The molecule has 0 saturated carbocycles. The van der Waals surface area contributed by atoms with Gasteiger partial charge in [0.25, 0.3) is 0 Å². The van der Waals surface area contributed by atoms with E-state index in [4.69, 9.17) is 0 Å². The molecule has 4 aromatic rings. The molecule has 34 heavy (non-hydrogen) atoms. The molecule has 0 amide bonds. The van der Waals surface area contributed by atoms with E-state index in [1.807, 2.05) is 66.9 Å². The van der Waals surface area contributed by atoms with Gasteiger partial charge in [0.05, 0.1) is 24.8 Å². The Balaban J connectivity index is 1.40. The summed E-state index contributed by atoms with van der Waals surface area (Å²) in [7, 11) is 0. The molecular weight excluding hydrogens is 424 g/mol. The van der Waals surface area contributed by atoms with E-state index >= 15 is 0 Å². The van der Waals surface area contributed by atoms with Gasteiger partial charge in [0, 0.05) is 35.8 Å². The topological polar surface area (TPSA) is 83.7 Å². The number of nitrogens with zero attached hydrogens (tertiary/aromatic N) is 4. The molecule has 0 atom stereocenters. The SMILES string of the molecule is Cc1ccnc(CC(=O)c2ccc(C)c(C#Cc3cnc4c(NC5=NCCN5)cccn34)c2)c1. The zero-order chi connectivity index (χ0) is 23.5. The summed E-state index contributed by atoms with van der Waals surface area (Å²) in [5.41, 5.74) is 6.72. The lowest BCUT2D eigenvalue weighted by Gasteiger charge is -2.07. The van der Waals surface area contributed by atoms with Crippen LogP contribution in [0.1, 0.15) is 38.4 Å². The van der Waals surface area contributed by atoms with Crippen LogP contribution < -0.4 is 10.6 Å². The first-order valence-corrected chi connectivity index (χ1v) is 11.2. The van der Waals surface area contributed by atoms with Crippen molar-refractivity contribution < 1.29 is 4.79 Å². The molecule has 0 bridgehead atoms. The standard InChI is InChI=1S/C27H24N6O/c1-18-9-10-28-22(14-18)16-25(34)21-6-5-19(2)20(15-21)7-8-23-17-31-26-24(4-3-13-33(23)26)32-27-29-11-12-30-27/h3-6,9-10,13-15,17H,11-12,16H2,1-2H3,(H2,29,30,32). The van der Waals surface area contributed by atoms with Crippen molar-refractivity contribution in [1.82, 2.24) is 19.7 Å². The van der Waals surface area contributed by atoms with E-state index in [9.17, 15) is 4.79 Å². The Labute approximate surface area is 198 Å². The Morgan fingerprint density at radius 2 is 2.06 bits per heavy atom. The first kappa shape index (κ1) is 21.4. The second-order valence-corrected chi connectivity index (χ2v) is 8.25. The number of guanidine groups is 1. The van der Waals surface area contributed by atoms with E-state index in [1.165, 1.54) is 0 Å². The molecular formula is C27H24N6O. The van der Waals surface area contributed by atoms with Crippen molar-refractivity contribution in [1.29, 1.82) is 0 Å². The molecule has 0 spiro atoms. The monoisotopic (exact) mass is 448 g/mol. The van der Waals surface area contributed by atoms with Gasteiger partial charge >= 0.3 is 0 Å². The van der Waals surface area contributed by atoms with E-state index in [0.29, 0.717) is 5.56 Å². The fourth-order valence-corrected chi connectivity index (χ4v) is 3.83. The summed E-state index contributed by atoms with van der Waals surface area (Å²) in [4.78, 5) is 26.1. The summed E-state index contributed by atoms with van der Waals surface area (Å²) in [5.74, 6) is 7.23. The Bertz CT molecular complexity index is 1490. The second kappa shape index (κ2) is 9.20. The number of fused-ring (bicyclic) bond motifs is 1. The van der Waals surface area contributed by atoms with Gasteiger partial charge in [-0.1, -0.05) is 18.1 Å². The van der Waals surface area contributed by atoms with Crippen LogP contribution in [0.5, 0.6) is 0 Å². The molecule has 168 valence electrons. The van der Waals surface area contributed by atoms with Crippen molar-refractivity contribution in [3.63, 3.8) is 0 Å². The largest absolute Gasteiger partial charge is 0.354 e. The minimum absolute atomic E-state index is 0.0232. The number of carbonyl (C=O) groups is 1. The van der Waals surface area contributed by atoms with Crippen molar-refractivity contribution in [3.8, 4) is 11.8 Å². The predicted molar refractivity (Wildman–Crippen MR) is 133 cm³/mol. The maximum Gasteiger partial charge on any atom is 0.196 e. The summed E-state index contributed by atoms with van der Waals surface area (Å²) in [6.45, 7) is 5.58. The molecule has 1 aromatic carbocycles. The van der Waals surface area contributed by atoms with Gasteiger partial charge in [-0.15, -0.1) is 0 Å². The normalized spacial score (nSPS) is 12.6. The lowest BCUT2D eigenvalue weighted by Crippen LogP contribution is -2.26. The van der Waals surface area contributed by atoms with Gasteiger partial charge in [-0.05, 0) is 61.2 Å². The molecule has 0 saturated heterocycles. The number of rotatable bonds is 4. The van der Waals surface area contributed by atoms with Crippen LogP contribution in [0.4, 0.5) is 5.69 Å². The van der Waals surface area contributed by atoms with E-state index in [2.05, 4.69) is 37.4 Å². The fraction of sp³-hybridized carbons (Fsp3) is 0.185. The highest BCUT2D eigenvalue weighted by Crippen LogP contribution is 2.18. The van der Waals surface area contributed by atoms with Gasteiger partial charge < -0.3 is 10.6 Å². The first-order valence-electron chi connectivity index (χ1n) is 11.2. The number of hydrogen-bond donors (Lipinski definition) is 2. The molecule has 0 unspecified atom stereocenters. The second-order valence-electron chi connectivity index (χ2n) is 8.25. The molecule has 4 heterocycles. The van der Waals surface area contributed by atoms with Gasteiger partial charge in [0.1, 0.15) is 5.69 Å². The first-order chi connectivity index (χ1) is 16.6. The minimum Gasteiger partial charge on any atom is -0.354 e. The number of imidazole rings is 1.